The molecular formula is C15H21N5O2. The highest BCUT2D eigenvalue weighted by Gasteiger charge is 2.24. The van der Waals surface area contributed by atoms with Gasteiger partial charge in [0.15, 0.2) is 0 Å². The summed E-state index contributed by atoms with van der Waals surface area (Å²) in [5, 5.41) is 13.5. The molecule has 1 atom stereocenters. The number of H-pyrrole nitrogens is 1. The summed E-state index contributed by atoms with van der Waals surface area (Å²) < 4.78 is 5.77. The second kappa shape index (κ2) is 6.74. The Morgan fingerprint density at radius 3 is 3.18 bits per heavy atom. The van der Waals surface area contributed by atoms with E-state index in [0.717, 1.165) is 49.1 Å². The summed E-state index contributed by atoms with van der Waals surface area (Å²) in [6, 6.07) is 5.38. The van der Waals surface area contributed by atoms with Crippen LogP contribution < -0.4 is 5.32 Å². The molecule has 0 radical (unpaired) electrons. The van der Waals surface area contributed by atoms with Gasteiger partial charge >= 0.3 is 6.03 Å². The molecule has 0 saturated carbocycles. The number of anilines is 1. The minimum atomic E-state index is -0.0901. The fourth-order valence-electron chi connectivity index (χ4n) is 2.66. The van der Waals surface area contributed by atoms with Crippen LogP contribution in [0.4, 0.5) is 10.5 Å². The van der Waals surface area contributed by atoms with Gasteiger partial charge in [0, 0.05) is 25.4 Å². The average Bonchev–Trinajstić information content (AvgIpc) is 3.01. The van der Waals surface area contributed by atoms with Gasteiger partial charge in [0.25, 0.3) is 0 Å². The van der Waals surface area contributed by atoms with Crippen molar-refractivity contribution in [1.82, 2.24) is 20.3 Å². The number of urea groups is 1. The Balaban J connectivity index is 1.60. The Labute approximate surface area is 129 Å². The number of likely N-dealkylation sites (tertiary alicyclic amines) is 1. The van der Waals surface area contributed by atoms with E-state index < -0.39 is 0 Å². The second-order valence-corrected chi connectivity index (χ2v) is 5.54. The number of amides is 2. The highest BCUT2D eigenvalue weighted by molar-refractivity contribution is 5.91. The predicted molar refractivity (Wildman–Crippen MR) is 83.7 cm³/mol. The number of piperidine rings is 1. The van der Waals surface area contributed by atoms with Gasteiger partial charge in [-0.1, -0.05) is 6.92 Å². The smallest absolute Gasteiger partial charge is 0.321 e. The lowest BCUT2D eigenvalue weighted by Crippen LogP contribution is -2.45. The van der Waals surface area contributed by atoms with Gasteiger partial charge in [-0.3, -0.25) is 0 Å². The Bertz CT molecular complexity index is 642. The molecule has 1 fully saturated rings. The number of aromatic amines is 1. The molecule has 7 heteroatoms. The number of rotatable bonds is 4. The van der Waals surface area contributed by atoms with E-state index in [9.17, 15) is 4.79 Å². The zero-order chi connectivity index (χ0) is 15.4. The molecule has 1 unspecified atom stereocenters. The Hall–Kier alpha value is -2.15. The van der Waals surface area contributed by atoms with E-state index in [1.54, 1.807) is 0 Å². The summed E-state index contributed by atoms with van der Waals surface area (Å²) in [5.74, 6) is 0. The van der Waals surface area contributed by atoms with Gasteiger partial charge in [0.1, 0.15) is 11.0 Å². The van der Waals surface area contributed by atoms with Gasteiger partial charge in [0.2, 0.25) is 0 Å². The minimum Gasteiger partial charge on any atom is -0.376 e. The molecule has 22 heavy (non-hydrogen) atoms. The zero-order valence-corrected chi connectivity index (χ0v) is 12.7. The molecule has 0 aliphatic carbocycles. The Kier molecular flexibility index (Phi) is 4.53. The van der Waals surface area contributed by atoms with Gasteiger partial charge < -0.3 is 15.0 Å². The monoisotopic (exact) mass is 303 g/mol. The average molecular weight is 303 g/mol. The maximum atomic E-state index is 12.4. The van der Waals surface area contributed by atoms with Crippen LogP contribution in [0, 0.1) is 0 Å². The Morgan fingerprint density at radius 2 is 2.32 bits per heavy atom. The fraction of sp³-hybridized carbons (Fsp3) is 0.533. The number of nitrogens with one attached hydrogen (secondary N) is 2. The van der Waals surface area contributed by atoms with E-state index in [-0.39, 0.29) is 12.1 Å². The van der Waals surface area contributed by atoms with Crippen LogP contribution in [0.15, 0.2) is 18.2 Å². The lowest BCUT2D eigenvalue weighted by Gasteiger charge is -2.32. The van der Waals surface area contributed by atoms with E-state index >= 15 is 0 Å². The second-order valence-electron chi connectivity index (χ2n) is 5.54. The van der Waals surface area contributed by atoms with Crippen LogP contribution in [-0.2, 0) is 4.74 Å². The number of aromatic nitrogens is 3. The molecule has 7 nitrogen and oxygen atoms in total. The van der Waals surface area contributed by atoms with Crippen molar-refractivity contribution >= 4 is 22.8 Å². The molecule has 2 N–H and O–H groups in total. The van der Waals surface area contributed by atoms with Crippen molar-refractivity contribution in [2.24, 2.45) is 0 Å². The number of fused-ring (bicyclic) bond motifs is 1. The van der Waals surface area contributed by atoms with Gasteiger partial charge in [0.05, 0.1) is 6.10 Å². The van der Waals surface area contributed by atoms with Crippen LogP contribution in [-0.4, -0.2) is 52.1 Å². The lowest BCUT2D eigenvalue weighted by atomic mass is 10.1. The predicted octanol–water partition coefficient (Wildman–Crippen LogP) is 2.38. The summed E-state index contributed by atoms with van der Waals surface area (Å²) in [6.45, 7) is 4.26. The number of carbonyl (C=O) groups is 1. The third-order valence-corrected chi connectivity index (χ3v) is 3.79. The highest BCUT2D eigenvalue weighted by atomic mass is 16.5. The molecule has 2 aromatic rings. The maximum Gasteiger partial charge on any atom is 0.321 e. The topological polar surface area (TPSA) is 83.1 Å². The van der Waals surface area contributed by atoms with Crippen LogP contribution in [0.1, 0.15) is 26.2 Å². The van der Waals surface area contributed by atoms with Crippen molar-refractivity contribution in [2.45, 2.75) is 32.3 Å². The van der Waals surface area contributed by atoms with Crippen LogP contribution >= 0.6 is 0 Å². The third-order valence-electron chi connectivity index (χ3n) is 3.79. The first-order valence-corrected chi connectivity index (χ1v) is 7.74. The van der Waals surface area contributed by atoms with E-state index in [1.807, 2.05) is 23.1 Å². The van der Waals surface area contributed by atoms with E-state index in [0.29, 0.717) is 6.54 Å². The van der Waals surface area contributed by atoms with Crippen LogP contribution in [0.5, 0.6) is 0 Å². The standard InChI is InChI=1S/C15H21N5O2/c1-2-8-22-12-4-3-7-20(10-12)15(21)16-11-5-6-13-14(9-11)18-19-17-13/h5-6,9,12H,2-4,7-8,10H2,1H3,(H,16,21)(H,17,18,19). The molecule has 3 rings (SSSR count). The number of nitrogens with zero attached hydrogens (tertiary/aromatic N) is 3. The molecule has 0 bridgehead atoms. The van der Waals surface area contributed by atoms with Crippen molar-refractivity contribution < 1.29 is 9.53 Å². The van der Waals surface area contributed by atoms with Crippen molar-refractivity contribution in [2.75, 3.05) is 25.0 Å². The first-order valence-electron chi connectivity index (χ1n) is 7.74. The molecule has 1 aromatic heterocycles. The van der Waals surface area contributed by atoms with Gasteiger partial charge in [-0.15, -0.1) is 0 Å². The van der Waals surface area contributed by atoms with E-state index in [2.05, 4.69) is 27.7 Å². The largest absolute Gasteiger partial charge is 0.376 e. The normalized spacial score (nSPS) is 18.6. The minimum absolute atomic E-state index is 0.0901. The molecule has 1 aliphatic rings. The quantitative estimate of drug-likeness (QED) is 0.908. The molecule has 0 spiro atoms. The van der Waals surface area contributed by atoms with Gasteiger partial charge in [-0.05, 0) is 37.5 Å². The summed E-state index contributed by atoms with van der Waals surface area (Å²) >= 11 is 0. The molecule has 1 aliphatic heterocycles. The number of carbonyl (C=O) groups excluding carboxylic acids is 1. The first-order chi connectivity index (χ1) is 10.8. The summed E-state index contributed by atoms with van der Waals surface area (Å²) in [5.41, 5.74) is 2.24. The summed E-state index contributed by atoms with van der Waals surface area (Å²) in [6.07, 6.45) is 3.15. The van der Waals surface area contributed by atoms with Gasteiger partial charge in [-0.2, -0.15) is 15.4 Å². The molecule has 118 valence electrons. The van der Waals surface area contributed by atoms with E-state index in [1.165, 1.54) is 0 Å². The zero-order valence-electron chi connectivity index (χ0n) is 12.7. The van der Waals surface area contributed by atoms with Crippen molar-refractivity contribution in [3.8, 4) is 0 Å². The van der Waals surface area contributed by atoms with E-state index in [4.69, 9.17) is 4.74 Å². The number of hydrogen-bond acceptors (Lipinski definition) is 4. The number of hydrogen-bond donors (Lipinski definition) is 2. The van der Waals surface area contributed by atoms with Crippen molar-refractivity contribution in [3.05, 3.63) is 18.2 Å². The molecule has 2 amide bonds. The van der Waals surface area contributed by atoms with Crippen molar-refractivity contribution in [3.63, 3.8) is 0 Å². The third kappa shape index (κ3) is 3.36. The van der Waals surface area contributed by atoms with Crippen LogP contribution in [0.25, 0.3) is 11.0 Å². The lowest BCUT2D eigenvalue weighted by molar-refractivity contribution is 0.0115. The first kappa shape index (κ1) is 14.8. The maximum absolute atomic E-state index is 12.4. The van der Waals surface area contributed by atoms with Crippen LogP contribution in [0.2, 0.25) is 0 Å². The summed E-state index contributed by atoms with van der Waals surface area (Å²) in [4.78, 5) is 14.2. The van der Waals surface area contributed by atoms with Crippen molar-refractivity contribution in [1.29, 1.82) is 0 Å². The number of ether oxygens (including phenoxy) is 1. The molecule has 2 heterocycles. The molecular weight excluding hydrogens is 282 g/mol. The van der Waals surface area contributed by atoms with Gasteiger partial charge in [-0.25, -0.2) is 4.79 Å². The number of benzene rings is 1. The molecule has 1 saturated heterocycles. The molecule has 1 aromatic carbocycles. The van der Waals surface area contributed by atoms with Crippen LogP contribution in [0.3, 0.4) is 0 Å². The summed E-state index contributed by atoms with van der Waals surface area (Å²) in [7, 11) is 0. The SMILES string of the molecule is CCCOC1CCCN(C(=O)Nc2ccc3n[nH]nc3c2)C1. The highest BCUT2D eigenvalue weighted by Crippen LogP contribution is 2.18. The Morgan fingerprint density at radius 1 is 1.45 bits per heavy atom. The fourth-order valence-corrected chi connectivity index (χ4v) is 2.66.